The standard InChI is InChI=1S/C7H18N2O4/c8-4(2-10)6(12)1-7(13)5(9)3-11/h4-7,10-13H,1-3,8-9H2/t4-,5+,6+,7-. The first kappa shape index (κ1) is 12.8. The van der Waals surface area contributed by atoms with Crippen molar-refractivity contribution in [2.45, 2.75) is 30.7 Å². The SMILES string of the molecule is N[C@H](CO)[C@@H](O)C[C@@H](O)[C@@H](N)CO. The maximum Gasteiger partial charge on any atom is 0.0738 e. The number of aliphatic hydroxyl groups excluding tert-OH is 4. The predicted octanol–water partition coefficient (Wildman–Crippen LogP) is -3.26. The van der Waals surface area contributed by atoms with Gasteiger partial charge in [0.2, 0.25) is 0 Å². The number of hydrogen-bond donors (Lipinski definition) is 6. The molecule has 0 aliphatic carbocycles. The molecule has 0 aliphatic heterocycles. The van der Waals surface area contributed by atoms with E-state index in [2.05, 4.69) is 0 Å². The summed E-state index contributed by atoms with van der Waals surface area (Å²) in [6, 6.07) is -1.58. The normalized spacial score (nSPS) is 20.8. The van der Waals surface area contributed by atoms with Gasteiger partial charge in [0.1, 0.15) is 0 Å². The Kier molecular flexibility index (Phi) is 6.13. The molecule has 0 aromatic carbocycles. The van der Waals surface area contributed by atoms with E-state index >= 15 is 0 Å². The van der Waals surface area contributed by atoms with E-state index in [4.69, 9.17) is 21.7 Å². The molecule has 80 valence electrons. The summed E-state index contributed by atoms with van der Waals surface area (Å²) in [6.45, 7) is -0.718. The Hall–Kier alpha value is -0.240. The van der Waals surface area contributed by atoms with E-state index in [1.165, 1.54) is 0 Å². The van der Waals surface area contributed by atoms with E-state index in [9.17, 15) is 10.2 Å². The Morgan fingerprint density at radius 2 is 1.15 bits per heavy atom. The first-order chi connectivity index (χ1) is 6.02. The maximum absolute atomic E-state index is 9.25. The van der Waals surface area contributed by atoms with Gasteiger partial charge in [0.25, 0.3) is 0 Å². The highest BCUT2D eigenvalue weighted by Crippen LogP contribution is 2.04. The summed E-state index contributed by atoms with van der Waals surface area (Å²) in [6.07, 6.45) is -2.08. The first-order valence-electron chi connectivity index (χ1n) is 4.12. The average Bonchev–Trinajstić information content (AvgIpc) is 2.14. The molecule has 4 atom stereocenters. The Bertz CT molecular complexity index is 122. The topological polar surface area (TPSA) is 133 Å². The summed E-state index contributed by atoms with van der Waals surface area (Å²) in [5, 5.41) is 35.6. The van der Waals surface area contributed by atoms with Crippen LogP contribution in [0.25, 0.3) is 0 Å². The molecule has 0 bridgehead atoms. The Balaban J connectivity index is 3.83. The van der Waals surface area contributed by atoms with E-state index in [0.717, 1.165) is 0 Å². The highest BCUT2D eigenvalue weighted by Gasteiger charge is 2.21. The smallest absolute Gasteiger partial charge is 0.0738 e. The predicted molar refractivity (Wildman–Crippen MR) is 46.8 cm³/mol. The Morgan fingerprint density at radius 1 is 0.846 bits per heavy atom. The zero-order valence-electron chi connectivity index (χ0n) is 7.37. The largest absolute Gasteiger partial charge is 0.395 e. The molecule has 0 fully saturated rings. The minimum atomic E-state index is -1.02. The molecule has 0 saturated carbocycles. The van der Waals surface area contributed by atoms with Gasteiger partial charge in [0, 0.05) is 6.42 Å². The summed E-state index contributed by atoms with van der Waals surface area (Å²) in [5.74, 6) is 0. The summed E-state index contributed by atoms with van der Waals surface area (Å²) in [4.78, 5) is 0. The molecule has 0 saturated heterocycles. The molecule has 0 rings (SSSR count). The fourth-order valence-electron chi connectivity index (χ4n) is 0.840. The van der Waals surface area contributed by atoms with Crippen molar-refractivity contribution < 1.29 is 20.4 Å². The Morgan fingerprint density at radius 3 is 1.38 bits per heavy atom. The average molecular weight is 194 g/mol. The summed E-state index contributed by atoms with van der Waals surface area (Å²) < 4.78 is 0. The molecule has 0 aromatic heterocycles. The molecule has 0 amide bonds. The minimum Gasteiger partial charge on any atom is -0.395 e. The van der Waals surface area contributed by atoms with Gasteiger partial charge in [-0.1, -0.05) is 0 Å². The fraction of sp³-hybridized carbons (Fsp3) is 1.00. The monoisotopic (exact) mass is 194 g/mol. The summed E-state index contributed by atoms with van der Waals surface area (Å²) in [7, 11) is 0. The highest BCUT2D eigenvalue weighted by atomic mass is 16.3. The van der Waals surface area contributed by atoms with E-state index in [1.807, 2.05) is 0 Å². The van der Waals surface area contributed by atoms with Gasteiger partial charge in [-0.3, -0.25) is 0 Å². The number of rotatable bonds is 6. The van der Waals surface area contributed by atoms with E-state index < -0.39 is 24.3 Å². The van der Waals surface area contributed by atoms with Crippen LogP contribution in [0.4, 0.5) is 0 Å². The number of nitrogens with two attached hydrogens (primary N) is 2. The van der Waals surface area contributed by atoms with Crippen LogP contribution in [-0.2, 0) is 0 Å². The second-order valence-electron chi connectivity index (χ2n) is 3.06. The lowest BCUT2D eigenvalue weighted by Gasteiger charge is -2.22. The third-order valence-corrected chi connectivity index (χ3v) is 1.89. The molecule has 6 heteroatoms. The molecule has 0 radical (unpaired) electrons. The van der Waals surface area contributed by atoms with Crippen molar-refractivity contribution in [2.75, 3.05) is 13.2 Å². The fourth-order valence-corrected chi connectivity index (χ4v) is 0.840. The van der Waals surface area contributed by atoms with Gasteiger partial charge in [0.15, 0.2) is 0 Å². The van der Waals surface area contributed by atoms with Gasteiger partial charge in [-0.2, -0.15) is 0 Å². The van der Waals surface area contributed by atoms with Crippen LogP contribution in [0, 0.1) is 0 Å². The Labute approximate surface area is 76.8 Å². The molecule has 13 heavy (non-hydrogen) atoms. The van der Waals surface area contributed by atoms with Crippen LogP contribution in [0.3, 0.4) is 0 Å². The second-order valence-corrected chi connectivity index (χ2v) is 3.06. The third-order valence-electron chi connectivity index (χ3n) is 1.89. The number of hydrogen-bond acceptors (Lipinski definition) is 6. The highest BCUT2D eigenvalue weighted by molar-refractivity contribution is 4.79. The van der Waals surface area contributed by atoms with E-state index in [-0.39, 0.29) is 19.6 Å². The van der Waals surface area contributed by atoms with Crippen LogP contribution < -0.4 is 11.5 Å². The van der Waals surface area contributed by atoms with Crippen molar-refractivity contribution in [3.05, 3.63) is 0 Å². The molecular formula is C7H18N2O4. The van der Waals surface area contributed by atoms with Gasteiger partial charge in [-0.25, -0.2) is 0 Å². The number of aliphatic hydroxyl groups is 4. The maximum atomic E-state index is 9.25. The third kappa shape index (κ3) is 4.51. The molecule has 8 N–H and O–H groups in total. The van der Waals surface area contributed by atoms with Crippen LogP contribution >= 0.6 is 0 Å². The van der Waals surface area contributed by atoms with Gasteiger partial charge >= 0.3 is 0 Å². The van der Waals surface area contributed by atoms with Gasteiger partial charge in [0.05, 0.1) is 37.5 Å². The summed E-state index contributed by atoms with van der Waals surface area (Å²) in [5.41, 5.74) is 10.6. The van der Waals surface area contributed by atoms with Gasteiger partial charge < -0.3 is 31.9 Å². The van der Waals surface area contributed by atoms with Crippen molar-refractivity contribution in [1.82, 2.24) is 0 Å². The lowest BCUT2D eigenvalue weighted by Crippen LogP contribution is -2.45. The quantitative estimate of drug-likeness (QED) is 0.263. The molecule has 0 spiro atoms. The minimum absolute atomic E-state index is 0.0521. The second kappa shape index (κ2) is 6.25. The van der Waals surface area contributed by atoms with Crippen LogP contribution in [0.5, 0.6) is 0 Å². The van der Waals surface area contributed by atoms with E-state index in [1.54, 1.807) is 0 Å². The van der Waals surface area contributed by atoms with Crippen molar-refractivity contribution in [3.8, 4) is 0 Å². The van der Waals surface area contributed by atoms with Crippen molar-refractivity contribution in [2.24, 2.45) is 11.5 Å². The van der Waals surface area contributed by atoms with Crippen molar-refractivity contribution >= 4 is 0 Å². The lowest BCUT2D eigenvalue weighted by molar-refractivity contribution is 0.0302. The zero-order valence-corrected chi connectivity index (χ0v) is 7.37. The first-order valence-corrected chi connectivity index (χ1v) is 4.12. The molecule has 6 nitrogen and oxygen atoms in total. The van der Waals surface area contributed by atoms with Crippen LogP contribution in [-0.4, -0.2) is 57.9 Å². The molecular weight excluding hydrogens is 176 g/mol. The van der Waals surface area contributed by atoms with Crippen LogP contribution in [0.2, 0.25) is 0 Å². The zero-order chi connectivity index (χ0) is 10.4. The van der Waals surface area contributed by atoms with Crippen LogP contribution in [0.15, 0.2) is 0 Å². The van der Waals surface area contributed by atoms with Gasteiger partial charge in [-0.15, -0.1) is 0 Å². The lowest BCUT2D eigenvalue weighted by atomic mass is 10.0. The molecule has 0 unspecified atom stereocenters. The molecule has 0 heterocycles. The van der Waals surface area contributed by atoms with Crippen molar-refractivity contribution in [3.63, 3.8) is 0 Å². The molecule has 0 aromatic rings. The van der Waals surface area contributed by atoms with Gasteiger partial charge in [-0.05, 0) is 0 Å². The summed E-state index contributed by atoms with van der Waals surface area (Å²) >= 11 is 0. The van der Waals surface area contributed by atoms with Crippen molar-refractivity contribution in [1.29, 1.82) is 0 Å². The molecule has 0 aliphatic rings. The van der Waals surface area contributed by atoms with Crippen LogP contribution in [0.1, 0.15) is 6.42 Å². The van der Waals surface area contributed by atoms with E-state index in [0.29, 0.717) is 0 Å².